The lowest BCUT2D eigenvalue weighted by molar-refractivity contribution is 0.478. The Bertz CT molecular complexity index is 22.8. The van der Waals surface area contributed by atoms with E-state index in [0.29, 0.717) is 0 Å². The summed E-state index contributed by atoms with van der Waals surface area (Å²) >= 11 is 3.67. The number of hydrogen-bond donors (Lipinski definition) is 0. The summed E-state index contributed by atoms with van der Waals surface area (Å²) in [4.78, 5) is 0. The van der Waals surface area contributed by atoms with Crippen molar-refractivity contribution in [2.45, 2.75) is 6.92 Å². The van der Waals surface area contributed by atoms with Gasteiger partial charge in [-0.15, -0.1) is 0 Å². The van der Waals surface area contributed by atoms with Gasteiger partial charge in [0.15, 0.2) is 0 Å². The monoisotopic (exact) mass is 218 g/mol. The minimum absolute atomic E-state index is 0.788. The second kappa shape index (κ2) is 6.04. The molecule has 0 aromatic carbocycles. The van der Waals surface area contributed by atoms with Crippen LogP contribution in [-0.4, -0.2) is 10.4 Å². The van der Waals surface area contributed by atoms with Crippen LogP contribution in [0, 0.1) is 0 Å². The highest BCUT2D eigenvalue weighted by molar-refractivity contribution is 14.1. The molecule has 0 aromatic heterocycles. The van der Waals surface area contributed by atoms with E-state index >= 15 is 0 Å². The van der Waals surface area contributed by atoms with Crippen molar-refractivity contribution in [1.29, 1.82) is 0 Å². The SMILES string of the molecule is CCSOCI. The number of hydrogen-bond acceptors (Lipinski definition) is 2. The summed E-state index contributed by atoms with van der Waals surface area (Å²) in [6.45, 7) is 2.07. The van der Waals surface area contributed by atoms with E-state index in [1.54, 1.807) is 0 Å². The second-order valence-electron chi connectivity index (χ2n) is 0.633. The Balaban J connectivity index is 2.34. The van der Waals surface area contributed by atoms with E-state index in [9.17, 15) is 0 Å². The van der Waals surface area contributed by atoms with Crippen LogP contribution in [-0.2, 0) is 4.18 Å². The topological polar surface area (TPSA) is 9.23 Å². The van der Waals surface area contributed by atoms with Crippen LogP contribution < -0.4 is 0 Å². The zero-order valence-electron chi connectivity index (χ0n) is 3.61. The highest BCUT2D eigenvalue weighted by Crippen LogP contribution is 2.01. The molecular formula is C3H7IOS. The van der Waals surface area contributed by atoms with Gasteiger partial charge >= 0.3 is 0 Å². The summed E-state index contributed by atoms with van der Waals surface area (Å²) in [6.07, 6.45) is 0. The van der Waals surface area contributed by atoms with Gasteiger partial charge in [0.1, 0.15) is 4.61 Å². The first kappa shape index (κ1) is 7.04. The third kappa shape index (κ3) is 5.04. The van der Waals surface area contributed by atoms with Crippen LogP contribution in [0.15, 0.2) is 0 Å². The molecule has 1 nitrogen and oxygen atoms in total. The predicted octanol–water partition coefficient (Wildman–Crippen LogP) is 2.06. The lowest BCUT2D eigenvalue weighted by atomic mass is 11.0. The molecule has 3 heteroatoms. The molecule has 0 spiro atoms. The fourth-order valence-electron chi connectivity index (χ4n) is 0.115. The minimum Gasteiger partial charge on any atom is -0.305 e. The van der Waals surface area contributed by atoms with E-state index in [4.69, 9.17) is 4.18 Å². The van der Waals surface area contributed by atoms with Crippen molar-refractivity contribution < 1.29 is 4.18 Å². The van der Waals surface area contributed by atoms with Gasteiger partial charge in [0.2, 0.25) is 0 Å². The molecule has 0 aliphatic rings. The molecule has 0 aliphatic heterocycles. The Hall–Kier alpha value is 1.04. The maximum absolute atomic E-state index is 4.89. The van der Waals surface area contributed by atoms with Gasteiger partial charge in [-0.25, -0.2) is 0 Å². The first-order valence-electron chi connectivity index (χ1n) is 1.72. The van der Waals surface area contributed by atoms with Crippen LogP contribution in [0.5, 0.6) is 0 Å². The Labute approximate surface area is 56.2 Å². The van der Waals surface area contributed by atoms with Gasteiger partial charge in [0.05, 0.1) is 0 Å². The molecule has 38 valence electrons. The first-order chi connectivity index (χ1) is 2.91. The number of alkyl halides is 1. The number of rotatable bonds is 3. The van der Waals surface area contributed by atoms with Gasteiger partial charge in [0.25, 0.3) is 0 Å². The maximum Gasteiger partial charge on any atom is 0.113 e. The Morgan fingerprint density at radius 2 is 2.50 bits per heavy atom. The van der Waals surface area contributed by atoms with E-state index in [1.807, 2.05) is 0 Å². The van der Waals surface area contributed by atoms with Crippen LogP contribution in [0.2, 0.25) is 0 Å². The van der Waals surface area contributed by atoms with Crippen LogP contribution in [0.1, 0.15) is 6.92 Å². The highest BCUT2D eigenvalue weighted by atomic mass is 127. The van der Waals surface area contributed by atoms with E-state index in [2.05, 4.69) is 29.5 Å². The molecule has 0 aliphatic carbocycles. The van der Waals surface area contributed by atoms with Crippen molar-refractivity contribution in [3.8, 4) is 0 Å². The Kier molecular flexibility index (Phi) is 7.09. The minimum atomic E-state index is 0.788. The molecule has 0 fully saturated rings. The molecule has 0 radical (unpaired) electrons. The molecule has 0 unspecified atom stereocenters. The third-order valence-corrected chi connectivity index (χ3v) is 1.50. The average molecular weight is 218 g/mol. The lowest BCUT2D eigenvalue weighted by Gasteiger charge is -1.88. The molecular weight excluding hydrogens is 211 g/mol. The van der Waals surface area contributed by atoms with E-state index in [1.165, 1.54) is 12.0 Å². The van der Waals surface area contributed by atoms with Crippen LogP contribution in [0.4, 0.5) is 0 Å². The van der Waals surface area contributed by atoms with Gasteiger partial charge in [-0.05, 0) is 12.0 Å². The fraction of sp³-hybridized carbons (Fsp3) is 1.00. The van der Waals surface area contributed by atoms with Crippen molar-refractivity contribution >= 4 is 34.6 Å². The molecule has 0 N–H and O–H groups in total. The largest absolute Gasteiger partial charge is 0.305 e. The zero-order chi connectivity index (χ0) is 4.83. The summed E-state index contributed by atoms with van der Waals surface area (Å²) in [5.74, 6) is 1.04. The fourth-order valence-corrected chi connectivity index (χ4v) is 0.884. The van der Waals surface area contributed by atoms with Crippen molar-refractivity contribution in [2.24, 2.45) is 0 Å². The smallest absolute Gasteiger partial charge is 0.113 e. The van der Waals surface area contributed by atoms with E-state index in [0.717, 1.165) is 10.4 Å². The van der Waals surface area contributed by atoms with Gasteiger partial charge in [-0.1, -0.05) is 29.5 Å². The predicted molar refractivity (Wildman–Crippen MR) is 38.1 cm³/mol. The zero-order valence-corrected chi connectivity index (χ0v) is 6.58. The molecule has 0 saturated carbocycles. The number of halogens is 1. The Morgan fingerprint density at radius 1 is 1.83 bits per heavy atom. The van der Waals surface area contributed by atoms with Gasteiger partial charge < -0.3 is 4.18 Å². The van der Waals surface area contributed by atoms with Gasteiger partial charge in [0, 0.05) is 5.75 Å². The average Bonchev–Trinajstić information content (AvgIpc) is 1.61. The molecule has 0 rings (SSSR count). The first-order valence-corrected chi connectivity index (χ1v) is 4.15. The summed E-state index contributed by atoms with van der Waals surface area (Å²) < 4.78 is 5.67. The molecule has 6 heavy (non-hydrogen) atoms. The van der Waals surface area contributed by atoms with Crippen LogP contribution in [0.25, 0.3) is 0 Å². The van der Waals surface area contributed by atoms with Crippen molar-refractivity contribution in [3.63, 3.8) is 0 Å². The molecule has 0 heterocycles. The summed E-state index contributed by atoms with van der Waals surface area (Å²) in [5, 5.41) is 0. The molecule has 0 amide bonds. The van der Waals surface area contributed by atoms with Crippen molar-refractivity contribution in [3.05, 3.63) is 0 Å². The van der Waals surface area contributed by atoms with Crippen molar-refractivity contribution in [1.82, 2.24) is 0 Å². The third-order valence-electron chi connectivity index (χ3n) is 0.246. The molecule has 0 bridgehead atoms. The van der Waals surface area contributed by atoms with E-state index < -0.39 is 0 Å². The normalized spacial score (nSPS) is 9.00. The maximum atomic E-state index is 4.89. The van der Waals surface area contributed by atoms with Crippen LogP contribution in [0.3, 0.4) is 0 Å². The second-order valence-corrected chi connectivity index (χ2v) is 2.31. The standard InChI is InChI=1S/C3H7IOS/c1-2-6-5-3-4/h2-3H2,1H3. The van der Waals surface area contributed by atoms with Gasteiger partial charge in [-0.2, -0.15) is 0 Å². The van der Waals surface area contributed by atoms with Gasteiger partial charge in [-0.3, -0.25) is 0 Å². The molecule has 0 saturated heterocycles. The lowest BCUT2D eigenvalue weighted by Crippen LogP contribution is -1.71. The quantitative estimate of drug-likeness (QED) is 0.310. The molecule has 0 atom stereocenters. The van der Waals surface area contributed by atoms with Crippen molar-refractivity contribution in [2.75, 3.05) is 10.4 Å². The summed E-state index contributed by atoms with van der Waals surface area (Å²) in [6, 6.07) is 0. The molecule has 0 aromatic rings. The Morgan fingerprint density at radius 3 is 2.67 bits per heavy atom. The summed E-state index contributed by atoms with van der Waals surface area (Å²) in [5.41, 5.74) is 0. The summed E-state index contributed by atoms with van der Waals surface area (Å²) in [7, 11) is 0. The van der Waals surface area contributed by atoms with Crippen LogP contribution >= 0.6 is 34.6 Å². The van der Waals surface area contributed by atoms with E-state index in [-0.39, 0.29) is 0 Å². The highest BCUT2D eigenvalue weighted by Gasteiger charge is 1.75.